The fourth-order valence-electron chi connectivity index (χ4n) is 2.32. The van der Waals surface area contributed by atoms with E-state index in [4.69, 9.17) is 0 Å². The van der Waals surface area contributed by atoms with Crippen molar-refractivity contribution in [3.8, 4) is 0 Å². The Hall–Kier alpha value is -2.17. The number of carbonyl (C=O) groups is 2. The van der Waals surface area contributed by atoms with Gasteiger partial charge in [-0.3, -0.25) is 14.5 Å². The van der Waals surface area contributed by atoms with Crippen LogP contribution in [0, 0.1) is 0 Å². The van der Waals surface area contributed by atoms with Crippen molar-refractivity contribution in [2.45, 2.75) is 25.8 Å². The molecule has 1 fully saturated rings. The summed E-state index contributed by atoms with van der Waals surface area (Å²) in [4.78, 5) is 32.2. The molecule has 1 N–H and O–H groups in total. The predicted octanol–water partition coefficient (Wildman–Crippen LogP) is 1.77. The summed E-state index contributed by atoms with van der Waals surface area (Å²) in [6.45, 7) is 1.82. The first-order chi connectivity index (χ1) is 8.66. The number of imidazole rings is 1. The lowest BCUT2D eigenvalue weighted by Gasteiger charge is -2.20. The number of imide groups is 1. The summed E-state index contributed by atoms with van der Waals surface area (Å²) in [6.07, 6.45) is 0.618. The number of carbonyl (C=O) groups excluding carboxylic acids is 2. The van der Waals surface area contributed by atoms with Gasteiger partial charge in [0.1, 0.15) is 5.82 Å². The number of aromatic nitrogens is 2. The van der Waals surface area contributed by atoms with Gasteiger partial charge in [0, 0.05) is 12.8 Å². The van der Waals surface area contributed by atoms with Crippen LogP contribution < -0.4 is 0 Å². The highest BCUT2D eigenvalue weighted by molar-refractivity contribution is 6.02. The van der Waals surface area contributed by atoms with Crippen molar-refractivity contribution in [1.82, 2.24) is 14.9 Å². The third-order valence-electron chi connectivity index (χ3n) is 3.28. The minimum absolute atomic E-state index is 0.118. The van der Waals surface area contributed by atoms with E-state index < -0.39 is 0 Å². The molecule has 1 unspecified atom stereocenters. The van der Waals surface area contributed by atoms with Crippen LogP contribution in [0.4, 0.5) is 0 Å². The molecule has 3 rings (SSSR count). The first kappa shape index (κ1) is 11.0. The van der Waals surface area contributed by atoms with Gasteiger partial charge >= 0.3 is 0 Å². The fraction of sp³-hybridized carbons (Fsp3) is 0.308. The molecule has 2 amide bonds. The molecule has 1 saturated heterocycles. The third-order valence-corrected chi connectivity index (χ3v) is 3.28. The minimum atomic E-state index is -0.333. The van der Waals surface area contributed by atoms with Crippen molar-refractivity contribution in [2.24, 2.45) is 0 Å². The Labute approximate surface area is 104 Å². The average molecular weight is 243 g/mol. The molecule has 92 valence electrons. The van der Waals surface area contributed by atoms with Gasteiger partial charge in [0.25, 0.3) is 0 Å². The highest BCUT2D eigenvalue weighted by Crippen LogP contribution is 2.26. The Bertz CT molecular complexity index is 583. The van der Waals surface area contributed by atoms with Crippen LogP contribution in [0.15, 0.2) is 24.3 Å². The standard InChI is InChI=1S/C13H13N3O2/c1-8(16-11(17)6-7-12(16)18)13-14-9-4-2-3-5-10(9)15-13/h2-5,8H,6-7H2,1H3,(H,14,15). The van der Waals surface area contributed by atoms with Gasteiger partial charge in [0.05, 0.1) is 17.1 Å². The van der Waals surface area contributed by atoms with E-state index in [1.54, 1.807) is 0 Å². The number of rotatable bonds is 2. The second-order valence-corrected chi connectivity index (χ2v) is 4.47. The van der Waals surface area contributed by atoms with Gasteiger partial charge < -0.3 is 4.98 Å². The van der Waals surface area contributed by atoms with Gasteiger partial charge in [-0.2, -0.15) is 0 Å². The summed E-state index contributed by atoms with van der Waals surface area (Å²) in [5.41, 5.74) is 1.76. The number of fused-ring (bicyclic) bond motifs is 1. The van der Waals surface area contributed by atoms with Crippen molar-refractivity contribution in [1.29, 1.82) is 0 Å². The lowest BCUT2D eigenvalue weighted by atomic mass is 10.3. The first-order valence-electron chi connectivity index (χ1n) is 5.96. The molecule has 1 aliphatic heterocycles. The van der Waals surface area contributed by atoms with Crippen molar-refractivity contribution in [2.75, 3.05) is 0 Å². The molecule has 5 heteroatoms. The lowest BCUT2D eigenvalue weighted by molar-refractivity contribution is -0.141. The number of nitrogens with zero attached hydrogens (tertiary/aromatic N) is 2. The van der Waals surface area contributed by atoms with E-state index in [9.17, 15) is 9.59 Å². The summed E-state index contributed by atoms with van der Waals surface area (Å²) in [7, 11) is 0. The Morgan fingerprint density at radius 3 is 2.56 bits per heavy atom. The van der Waals surface area contributed by atoms with Crippen LogP contribution in [0.5, 0.6) is 0 Å². The maximum atomic E-state index is 11.7. The minimum Gasteiger partial charge on any atom is -0.340 e. The highest BCUT2D eigenvalue weighted by atomic mass is 16.2. The SMILES string of the molecule is CC(c1nc2ccccc2[nH]1)N1C(=O)CCC1=O. The van der Waals surface area contributed by atoms with E-state index in [0.717, 1.165) is 11.0 Å². The number of hydrogen-bond acceptors (Lipinski definition) is 3. The molecule has 2 aromatic rings. The first-order valence-corrected chi connectivity index (χ1v) is 5.96. The number of nitrogens with one attached hydrogen (secondary N) is 1. The summed E-state index contributed by atoms with van der Waals surface area (Å²) in [5.74, 6) is 0.417. The topological polar surface area (TPSA) is 66.1 Å². The molecule has 2 heterocycles. The number of aromatic amines is 1. The van der Waals surface area contributed by atoms with Crippen molar-refractivity contribution >= 4 is 22.8 Å². The predicted molar refractivity (Wildman–Crippen MR) is 65.6 cm³/mol. The lowest BCUT2D eigenvalue weighted by Crippen LogP contribution is -2.32. The molecule has 0 saturated carbocycles. The number of para-hydroxylation sites is 2. The average Bonchev–Trinajstić information content (AvgIpc) is 2.92. The van der Waals surface area contributed by atoms with Crippen LogP contribution in [0.2, 0.25) is 0 Å². The Morgan fingerprint density at radius 1 is 1.22 bits per heavy atom. The molecule has 1 atom stereocenters. The summed E-state index contributed by atoms with van der Waals surface area (Å²) in [6, 6.07) is 7.31. The van der Waals surface area contributed by atoms with Crippen LogP contribution in [-0.4, -0.2) is 26.7 Å². The zero-order valence-electron chi connectivity index (χ0n) is 10.0. The molecule has 0 spiro atoms. The Balaban J connectivity index is 1.98. The second kappa shape index (κ2) is 3.94. The molecule has 18 heavy (non-hydrogen) atoms. The molecular weight excluding hydrogens is 230 g/mol. The molecule has 0 aliphatic carbocycles. The zero-order valence-corrected chi connectivity index (χ0v) is 10.0. The monoisotopic (exact) mass is 243 g/mol. The van der Waals surface area contributed by atoms with Crippen LogP contribution in [0.3, 0.4) is 0 Å². The van der Waals surface area contributed by atoms with Gasteiger partial charge in [-0.15, -0.1) is 0 Å². The third kappa shape index (κ3) is 1.59. The molecule has 1 aromatic carbocycles. The Kier molecular flexibility index (Phi) is 2.40. The van der Waals surface area contributed by atoms with Gasteiger partial charge in [0.15, 0.2) is 0 Å². The van der Waals surface area contributed by atoms with E-state index >= 15 is 0 Å². The van der Waals surface area contributed by atoms with Gasteiger partial charge in [0.2, 0.25) is 11.8 Å². The molecule has 0 bridgehead atoms. The number of benzene rings is 1. The fourth-order valence-corrected chi connectivity index (χ4v) is 2.32. The number of likely N-dealkylation sites (tertiary alicyclic amines) is 1. The van der Waals surface area contributed by atoms with E-state index in [1.165, 1.54) is 4.90 Å². The highest BCUT2D eigenvalue weighted by Gasteiger charge is 2.34. The quantitative estimate of drug-likeness (QED) is 0.817. The van der Waals surface area contributed by atoms with Crippen LogP contribution in [0.25, 0.3) is 11.0 Å². The van der Waals surface area contributed by atoms with E-state index in [2.05, 4.69) is 9.97 Å². The normalized spacial score (nSPS) is 17.7. The van der Waals surface area contributed by atoms with E-state index in [0.29, 0.717) is 18.7 Å². The number of hydrogen-bond donors (Lipinski definition) is 1. The maximum Gasteiger partial charge on any atom is 0.230 e. The van der Waals surface area contributed by atoms with Gasteiger partial charge in [-0.25, -0.2) is 4.98 Å². The smallest absolute Gasteiger partial charge is 0.230 e. The Morgan fingerprint density at radius 2 is 1.89 bits per heavy atom. The van der Waals surface area contributed by atoms with Crippen LogP contribution in [0.1, 0.15) is 31.6 Å². The van der Waals surface area contributed by atoms with Crippen LogP contribution in [-0.2, 0) is 9.59 Å². The zero-order chi connectivity index (χ0) is 12.7. The molecule has 5 nitrogen and oxygen atoms in total. The maximum absolute atomic E-state index is 11.7. The molecule has 1 aromatic heterocycles. The van der Waals surface area contributed by atoms with E-state index in [1.807, 2.05) is 31.2 Å². The number of H-pyrrole nitrogens is 1. The molecular formula is C13H13N3O2. The van der Waals surface area contributed by atoms with Gasteiger partial charge in [-0.1, -0.05) is 12.1 Å². The number of amides is 2. The summed E-state index contributed by atoms with van der Waals surface area (Å²) < 4.78 is 0. The van der Waals surface area contributed by atoms with Crippen molar-refractivity contribution in [3.05, 3.63) is 30.1 Å². The summed E-state index contributed by atoms with van der Waals surface area (Å²) >= 11 is 0. The van der Waals surface area contributed by atoms with Gasteiger partial charge in [-0.05, 0) is 19.1 Å². The van der Waals surface area contributed by atoms with Crippen molar-refractivity contribution < 1.29 is 9.59 Å². The molecule has 0 radical (unpaired) electrons. The van der Waals surface area contributed by atoms with Crippen LogP contribution >= 0.6 is 0 Å². The summed E-state index contributed by atoms with van der Waals surface area (Å²) in [5, 5.41) is 0. The molecule has 1 aliphatic rings. The second-order valence-electron chi connectivity index (χ2n) is 4.47. The van der Waals surface area contributed by atoms with Crippen molar-refractivity contribution in [3.63, 3.8) is 0 Å². The largest absolute Gasteiger partial charge is 0.340 e. The van der Waals surface area contributed by atoms with E-state index in [-0.39, 0.29) is 17.9 Å².